The molecule has 1 aliphatic rings. The van der Waals surface area contributed by atoms with Crippen LogP contribution in [0.4, 0.5) is 11.5 Å². The van der Waals surface area contributed by atoms with E-state index < -0.39 is 10.0 Å². The third kappa shape index (κ3) is 3.47. The van der Waals surface area contributed by atoms with E-state index in [-0.39, 0.29) is 12.6 Å². The van der Waals surface area contributed by atoms with Crippen LogP contribution in [0, 0.1) is 0 Å². The summed E-state index contributed by atoms with van der Waals surface area (Å²) in [6, 6.07) is 9.14. The molecule has 142 valence electrons. The fourth-order valence-electron chi connectivity index (χ4n) is 3.59. The van der Waals surface area contributed by atoms with Gasteiger partial charge in [0.25, 0.3) is 0 Å². The molecule has 1 aliphatic heterocycles. The number of benzene rings is 1. The lowest BCUT2D eigenvalue weighted by Crippen LogP contribution is -2.33. The number of sulfonamides is 1. The van der Waals surface area contributed by atoms with Gasteiger partial charge in [-0.15, -0.1) is 0 Å². The molecule has 1 aromatic carbocycles. The van der Waals surface area contributed by atoms with Gasteiger partial charge in [0.05, 0.1) is 25.1 Å². The minimum Gasteiger partial charge on any atom is -0.394 e. The normalized spacial score (nSPS) is 17.6. The highest BCUT2D eigenvalue weighted by atomic mass is 32.2. The van der Waals surface area contributed by atoms with Crippen molar-refractivity contribution >= 4 is 27.2 Å². The average molecular weight is 387 g/mol. The lowest BCUT2D eigenvalue weighted by Gasteiger charge is -2.25. The van der Waals surface area contributed by atoms with E-state index in [1.807, 2.05) is 12.1 Å². The highest BCUT2D eigenvalue weighted by molar-refractivity contribution is 7.92. The molecule has 1 atom stereocenters. The highest BCUT2D eigenvalue weighted by Gasteiger charge is 2.26. The van der Waals surface area contributed by atoms with E-state index in [1.54, 1.807) is 35.1 Å². The molecule has 27 heavy (non-hydrogen) atoms. The summed E-state index contributed by atoms with van der Waals surface area (Å²) in [5, 5.41) is 14.1. The van der Waals surface area contributed by atoms with Gasteiger partial charge in [0.1, 0.15) is 5.82 Å². The molecule has 0 bridgehead atoms. The summed E-state index contributed by atoms with van der Waals surface area (Å²) >= 11 is 0. The first-order valence-electron chi connectivity index (χ1n) is 8.75. The fourth-order valence-corrected chi connectivity index (χ4v) is 4.15. The van der Waals surface area contributed by atoms with Gasteiger partial charge in [-0.3, -0.25) is 4.72 Å². The molecule has 4 rings (SSSR count). The molecule has 0 aliphatic carbocycles. The summed E-state index contributed by atoms with van der Waals surface area (Å²) in [6.45, 7) is 0.977. The molecule has 8 nitrogen and oxygen atoms in total. The number of aliphatic hydroxyl groups excluding tert-OH is 1. The number of hydrogen-bond donors (Lipinski definition) is 2. The van der Waals surface area contributed by atoms with Crippen molar-refractivity contribution in [1.82, 2.24) is 14.6 Å². The van der Waals surface area contributed by atoms with Crippen LogP contribution in [0.2, 0.25) is 0 Å². The quantitative estimate of drug-likeness (QED) is 0.692. The van der Waals surface area contributed by atoms with Crippen LogP contribution in [0.15, 0.2) is 42.7 Å². The monoisotopic (exact) mass is 387 g/mol. The zero-order chi connectivity index (χ0) is 19.0. The summed E-state index contributed by atoms with van der Waals surface area (Å²) < 4.78 is 27.3. The molecule has 0 radical (unpaired) electrons. The van der Waals surface area contributed by atoms with Gasteiger partial charge in [-0.25, -0.2) is 13.4 Å². The Kier molecular flexibility index (Phi) is 4.48. The van der Waals surface area contributed by atoms with Gasteiger partial charge < -0.3 is 10.0 Å². The lowest BCUT2D eigenvalue weighted by atomic mass is 10.1. The van der Waals surface area contributed by atoms with E-state index in [4.69, 9.17) is 0 Å². The zero-order valence-electron chi connectivity index (χ0n) is 14.9. The van der Waals surface area contributed by atoms with Crippen LogP contribution in [0.5, 0.6) is 0 Å². The molecule has 9 heteroatoms. The van der Waals surface area contributed by atoms with Crippen molar-refractivity contribution in [1.29, 1.82) is 0 Å². The third-order valence-electron chi connectivity index (χ3n) is 4.74. The maximum Gasteiger partial charge on any atom is 0.229 e. The topological polar surface area (TPSA) is 99.8 Å². The molecule has 1 saturated heterocycles. The number of fused-ring (bicyclic) bond motifs is 1. The molecule has 0 amide bonds. The first kappa shape index (κ1) is 17.7. The number of hydrogen-bond acceptors (Lipinski definition) is 6. The predicted octanol–water partition coefficient (Wildman–Crippen LogP) is 1.73. The number of nitrogens with one attached hydrogen (secondary N) is 1. The number of aromatic nitrogens is 3. The summed E-state index contributed by atoms with van der Waals surface area (Å²) in [6.07, 6.45) is 6.57. The molecular formula is C18H21N5O3S. The predicted molar refractivity (Wildman–Crippen MR) is 104 cm³/mol. The first-order chi connectivity index (χ1) is 13.0. The second-order valence-electron chi connectivity index (χ2n) is 6.72. The Bertz CT molecular complexity index is 1080. The van der Waals surface area contributed by atoms with Gasteiger partial charge in [0.15, 0.2) is 5.65 Å². The number of nitrogens with zero attached hydrogens (tertiary/aromatic N) is 4. The minimum atomic E-state index is -3.35. The van der Waals surface area contributed by atoms with Crippen LogP contribution in [0.3, 0.4) is 0 Å². The lowest BCUT2D eigenvalue weighted by molar-refractivity contribution is 0.265. The maximum atomic E-state index is 11.5. The van der Waals surface area contributed by atoms with Crippen molar-refractivity contribution < 1.29 is 13.5 Å². The SMILES string of the molecule is CS(=O)(=O)Nc1cccc(-c2cnn3c(N4CCC[C@H]4CO)ccnc23)c1. The van der Waals surface area contributed by atoms with E-state index in [1.165, 1.54) is 0 Å². The van der Waals surface area contributed by atoms with Gasteiger partial charge >= 0.3 is 0 Å². The van der Waals surface area contributed by atoms with Gasteiger partial charge in [0, 0.05) is 24.0 Å². The molecule has 0 spiro atoms. The van der Waals surface area contributed by atoms with Crippen molar-refractivity contribution in [2.45, 2.75) is 18.9 Å². The van der Waals surface area contributed by atoms with E-state index >= 15 is 0 Å². The maximum absolute atomic E-state index is 11.5. The summed E-state index contributed by atoms with van der Waals surface area (Å²) in [7, 11) is -3.35. The molecule has 1 fully saturated rings. The Balaban J connectivity index is 1.77. The third-order valence-corrected chi connectivity index (χ3v) is 5.35. The fraction of sp³-hybridized carbons (Fsp3) is 0.333. The van der Waals surface area contributed by atoms with Gasteiger partial charge in [-0.1, -0.05) is 12.1 Å². The van der Waals surface area contributed by atoms with Gasteiger partial charge in [-0.2, -0.15) is 9.61 Å². The van der Waals surface area contributed by atoms with Crippen LogP contribution >= 0.6 is 0 Å². The van der Waals surface area contributed by atoms with Crippen molar-refractivity contribution in [2.75, 3.05) is 29.0 Å². The van der Waals surface area contributed by atoms with Crippen molar-refractivity contribution in [3.63, 3.8) is 0 Å². The van der Waals surface area contributed by atoms with Crippen molar-refractivity contribution in [3.8, 4) is 11.1 Å². The Morgan fingerprint density at radius 3 is 2.96 bits per heavy atom. The minimum absolute atomic E-state index is 0.0885. The second-order valence-corrected chi connectivity index (χ2v) is 8.47. The number of aliphatic hydroxyl groups is 1. The van der Waals surface area contributed by atoms with E-state index in [2.05, 4.69) is 19.7 Å². The van der Waals surface area contributed by atoms with Gasteiger partial charge in [-0.05, 0) is 36.6 Å². The molecule has 3 aromatic rings. The standard InChI is InChI=1S/C18H21N5O3S/c1-27(25,26)21-14-5-2-4-13(10-14)16-11-20-23-17(7-8-19-18(16)23)22-9-3-6-15(22)12-24/h2,4-5,7-8,10-11,15,21,24H,3,6,9,12H2,1H3/t15-/m0/s1. The second kappa shape index (κ2) is 6.82. The van der Waals surface area contributed by atoms with E-state index in [9.17, 15) is 13.5 Å². The summed E-state index contributed by atoms with van der Waals surface area (Å²) in [5.41, 5.74) is 2.81. The average Bonchev–Trinajstić information content (AvgIpc) is 3.27. The Morgan fingerprint density at radius 1 is 1.33 bits per heavy atom. The Labute approximate surface area is 157 Å². The largest absolute Gasteiger partial charge is 0.394 e. The highest BCUT2D eigenvalue weighted by Crippen LogP contribution is 2.30. The van der Waals surface area contributed by atoms with E-state index in [0.29, 0.717) is 11.3 Å². The molecule has 0 unspecified atom stereocenters. The molecular weight excluding hydrogens is 366 g/mol. The first-order valence-corrected chi connectivity index (χ1v) is 10.6. The smallest absolute Gasteiger partial charge is 0.229 e. The Morgan fingerprint density at radius 2 is 2.19 bits per heavy atom. The summed E-state index contributed by atoms with van der Waals surface area (Å²) in [5.74, 6) is 0.896. The van der Waals surface area contributed by atoms with Crippen LogP contribution in [-0.4, -0.2) is 53.6 Å². The molecule has 3 heterocycles. The molecule has 0 saturated carbocycles. The molecule has 2 aromatic heterocycles. The van der Waals surface area contributed by atoms with Crippen LogP contribution in [-0.2, 0) is 10.0 Å². The van der Waals surface area contributed by atoms with Crippen LogP contribution in [0.1, 0.15) is 12.8 Å². The van der Waals surface area contributed by atoms with Crippen molar-refractivity contribution in [2.24, 2.45) is 0 Å². The van der Waals surface area contributed by atoms with E-state index in [0.717, 1.165) is 42.6 Å². The molecule has 2 N–H and O–H groups in total. The zero-order valence-corrected chi connectivity index (χ0v) is 15.7. The van der Waals surface area contributed by atoms with Crippen LogP contribution < -0.4 is 9.62 Å². The van der Waals surface area contributed by atoms with Gasteiger partial charge in [0.2, 0.25) is 10.0 Å². The van der Waals surface area contributed by atoms with Crippen molar-refractivity contribution in [3.05, 3.63) is 42.7 Å². The Hall–Kier alpha value is -2.65. The number of anilines is 2. The number of rotatable bonds is 5. The summed E-state index contributed by atoms with van der Waals surface area (Å²) in [4.78, 5) is 6.64. The van der Waals surface area contributed by atoms with Crippen LogP contribution in [0.25, 0.3) is 16.8 Å².